The van der Waals surface area contributed by atoms with Gasteiger partial charge in [0.15, 0.2) is 5.58 Å². The number of benzene rings is 1. The van der Waals surface area contributed by atoms with Gasteiger partial charge in [0.25, 0.3) is 0 Å². The van der Waals surface area contributed by atoms with Gasteiger partial charge in [0.05, 0.1) is 5.52 Å². The van der Waals surface area contributed by atoms with E-state index in [1.54, 1.807) is 19.2 Å². The number of rotatable bonds is 1. The Labute approximate surface area is 74.9 Å². The largest absolute Gasteiger partial charge is 0.419 e. The van der Waals surface area contributed by atoms with E-state index >= 15 is 0 Å². The zero-order chi connectivity index (χ0) is 9.42. The highest BCUT2D eigenvalue weighted by molar-refractivity contribution is 5.76. The molecule has 13 heavy (non-hydrogen) atoms. The van der Waals surface area contributed by atoms with Crippen LogP contribution >= 0.6 is 0 Å². The summed E-state index contributed by atoms with van der Waals surface area (Å²) in [5.41, 5.74) is 2.38. The molecule has 3 heteroatoms. The van der Waals surface area contributed by atoms with Crippen LogP contribution in [0, 0.1) is 0 Å². The Morgan fingerprint density at radius 1 is 1.54 bits per heavy atom. The van der Waals surface area contributed by atoms with Crippen molar-refractivity contribution in [2.45, 2.75) is 0 Å². The Morgan fingerprint density at radius 2 is 2.31 bits per heavy atom. The van der Waals surface area contributed by atoms with E-state index in [1.165, 1.54) is 4.57 Å². The van der Waals surface area contributed by atoms with Crippen LogP contribution in [0.3, 0.4) is 0 Å². The second-order valence-electron chi connectivity index (χ2n) is 2.86. The van der Waals surface area contributed by atoms with Crippen molar-refractivity contribution < 1.29 is 4.42 Å². The van der Waals surface area contributed by atoms with Gasteiger partial charge in [0, 0.05) is 7.05 Å². The Kier molecular flexibility index (Phi) is 1.59. The molecule has 0 aliphatic carbocycles. The van der Waals surface area contributed by atoms with Gasteiger partial charge in [-0.3, -0.25) is 4.57 Å². The molecule has 0 spiro atoms. The van der Waals surface area contributed by atoms with Crippen LogP contribution in [-0.2, 0) is 7.05 Å². The second-order valence-corrected chi connectivity index (χ2v) is 2.86. The van der Waals surface area contributed by atoms with Crippen LogP contribution in [0.1, 0.15) is 5.56 Å². The Balaban J connectivity index is 2.89. The fourth-order valence-electron chi connectivity index (χ4n) is 1.27. The van der Waals surface area contributed by atoms with E-state index in [0.717, 1.165) is 11.1 Å². The molecule has 66 valence electrons. The highest BCUT2D eigenvalue weighted by Gasteiger charge is 2.04. The summed E-state index contributed by atoms with van der Waals surface area (Å²) in [6, 6.07) is 5.50. The number of oxazole rings is 1. The van der Waals surface area contributed by atoms with Gasteiger partial charge >= 0.3 is 5.76 Å². The lowest BCUT2D eigenvalue weighted by Crippen LogP contribution is -2.08. The first-order valence-corrected chi connectivity index (χ1v) is 3.94. The molecule has 0 saturated heterocycles. The molecule has 0 saturated carbocycles. The zero-order valence-electron chi connectivity index (χ0n) is 7.28. The summed E-state index contributed by atoms with van der Waals surface area (Å²) in [6.45, 7) is 3.66. The maximum atomic E-state index is 11.1. The van der Waals surface area contributed by atoms with E-state index in [1.807, 2.05) is 12.1 Å². The Hall–Kier alpha value is -1.77. The smallest absolute Gasteiger partial charge is 0.408 e. The summed E-state index contributed by atoms with van der Waals surface area (Å²) in [5, 5.41) is 0. The molecular weight excluding hydrogens is 166 g/mol. The highest BCUT2D eigenvalue weighted by atomic mass is 16.4. The standard InChI is InChI=1S/C10H9NO2/c1-3-7-4-5-9-8(6-7)11(2)10(12)13-9/h3-6H,1H2,2H3. The number of aromatic nitrogens is 1. The van der Waals surface area contributed by atoms with Crippen molar-refractivity contribution >= 4 is 17.2 Å². The number of fused-ring (bicyclic) bond motifs is 1. The molecule has 2 aromatic rings. The maximum absolute atomic E-state index is 11.1. The third kappa shape index (κ3) is 1.09. The first kappa shape index (κ1) is 7.86. The van der Waals surface area contributed by atoms with Crippen molar-refractivity contribution in [1.29, 1.82) is 0 Å². The predicted molar refractivity (Wildman–Crippen MR) is 51.5 cm³/mol. The van der Waals surface area contributed by atoms with Crippen LogP contribution < -0.4 is 5.76 Å². The van der Waals surface area contributed by atoms with Crippen molar-refractivity contribution in [3.63, 3.8) is 0 Å². The molecule has 0 radical (unpaired) electrons. The lowest BCUT2D eigenvalue weighted by Gasteiger charge is -1.93. The van der Waals surface area contributed by atoms with Gasteiger partial charge < -0.3 is 4.42 Å². The molecule has 1 aromatic heterocycles. The summed E-state index contributed by atoms with van der Waals surface area (Å²) in [4.78, 5) is 11.1. The van der Waals surface area contributed by atoms with Crippen molar-refractivity contribution in [3.05, 3.63) is 40.9 Å². The van der Waals surface area contributed by atoms with Crippen LogP contribution in [0.15, 0.2) is 34.0 Å². The van der Waals surface area contributed by atoms with E-state index in [9.17, 15) is 4.79 Å². The van der Waals surface area contributed by atoms with E-state index in [0.29, 0.717) is 5.58 Å². The van der Waals surface area contributed by atoms with Crippen LogP contribution in [0.5, 0.6) is 0 Å². The molecule has 0 amide bonds. The van der Waals surface area contributed by atoms with Gasteiger partial charge in [-0.25, -0.2) is 4.79 Å². The van der Waals surface area contributed by atoms with Gasteiger partial charge in [-0.1, -0.05) is 18.7 Å². The first-order valence-electron chi connectivity index (χ1n) is 3.94. The van der Waals surface area contributed by atoms with Crippen LogP contribution in [0.2, 0.25) is 0 Å². The third-order valence-electron chi connectivity index (χ3n) is 2.05. The fraction of sp³-hybridized carbons (Fsp3) is 0.100. The number of hydrogen-bond acceptors (Lipinski definition) is 2. The minimum atomic E-state index is -0.337. The quantitative estimate of drug-likeness (QED) is 0.662. The van der Waals surface area contributed by atoms with Crippen molar-refractivity contribution in [1.82, 2.24) is 4.57 Å². The van der Waals surface area contributed by atoms with E-state index < -0.39 is 0 Å². The topological polar surface area (TPSA) is 35.1 Å². The molecular formula is C10H9NO2. The van der Waals surface area contributed by atoms with Gasteiger partial charge in [-0.05, 0) is 17.7 Å². The molecule has 1 heterocycles. The van der Waals surface area contributed by atoms with Crippen LogP contribution in [0.25, 0.3) is 17.2 Å². The molecule has 0 aliphatic heterocycles. The minimum Gasteiger partial charge on any atom is -0.408 e. The monoisotopic (exact) mass is 175 g/mol. The molecule has 0 atom stereocenters. The van der Waals surface area contributed by atoms with Gasteiger partial charge in [0.1, 0.15) is 0 Å². The molecule has 1 aromatic carbocycles. The maximum Gasteiger partial charge on any atom is 0.419 e. The molecule has 2 rings (SSSR count). The molecule has 0 fully saturated rings. The lowest BCUT2D eigenvalue weighted by atomic mass is 10.2. The van der Waals surface area contributed by atoms with E-state index in [2.05, 4.69) is 6.58 Å². The summed E-state index contributed by atoms with van der Waals surface area (Å²) >= 11 is 0. The summed E-state index contributed by atoms with van der Waals surface area (Å²) < 4.78 is 6.45. The zero-order valence-corrected chi connectivity index (χ0v) is 7.28. The molecule has 0 aliphatic rings. The normalized spacial score (nSPS) is 10.5. The molecule has 0 bridgehead atoms. The van der Waals surface area contributed by atoms with Crippen molar-refractivity contribution in [2.75, 3.05) is 0 Å². The van der Waals surface area contributed by atoms with Crippen LogP contribution in [-0.4, -0.2) is 4.57 Å². The highest BCUT2D eigenvalue weighted by Crippen LogP contribution is 2.14. The SMILES string of the molecule is C=Cc1ccc2oc(=O)n(C)c2c1. The summed E-state index contributed by atoms with van der Waals surface area (Å²) in [7, 11) is 1.68. The Bertz CT molecular complexity index is 519. The average Bonchev–Trinajstić information content (AvgIpc) is 2.43. The van der Waals surface area contributed by atoms with Crippen molar-refractivity contribution in [3.8, 4) is 0 Å². The summed E-state index contributed by atoms with van der Waals surface area (Å²) in [5.74, 6) is -0.337. The minimum absolute atomic E-state index is 0.337. The fourth-order valence-corrected chi connectivity index (χ4v) is 1.27. The van der Waals surface area contributed by atoms with Gasteiger partial charge in [0.2, 0.25) is 0 Å². The lowest BCUT2D eigenvalue weighted by molar-refractivity contribution is 0.528. The number of nitrogens with zero attached hydrogens (tertiary/aromatic N) is 1. The molecule has 0 unspecified atom stereocenters. The van der Waals surface area contributed by atoms with Gasteiger partial charge in [-0.15, -0.1) is 0 Å². The van der Waals surface area contributed by atoms with Crippen LogP contribution in [0.4, 0.5) is 0 Å². The molecule has 3 nitrogen and oxygen atoms in total. The summed E-state index contributed by atoms with van der Waals surface area (Å²) in [6.07, 6.45) is 1.73. The third-order valence-corrected chi connectivity index (χ3v) is 2.05. The second kappa shape index (κ2) is 2.62. The number of hydrogen-bond donors (Lipinski definition) is 0. The predicted octanol–water partition coefficient (Wildman–Crippen LogP) is 1.77. The molecule has 0 N–H and O–H groups in total. The van der Waals surface area contributed by atoms with E-state index in [-0.39, 0.29) is 5.76 Å². The Morgan fingerprint density at radius 3 is 3.00 bits per heavy atom. The van der Waals surface area contributed by atoms with E-state index in [4.69, 9.17) is 4.42 Å². The average molecular weight is 175 g/mol. The van der Waals surface area contributed by atoms with Gasteiger partial charge in [-0.2, -0.15) is 0 Å². The van der Waals surface area contributed by atoms with Crippen molar-refractivity contribution in [2.24, 2.45) is 7.05 Å². The first-order chi connectivity index (χ1) is 6.22. The number of aryl methyl sites for hydroxylation is 1.